The molecule has 0 aromatic carbocycles. The molecule has 10 nitrogen and oxygen atoms in total. The predicted octanol–water partition coefficient (Wildman–Crippen LogP) is 2.62. The van der Waals surface area contributed by atoms with Gasteiger partial charge >= 0.3 is 0 Å². The van der Waals surface area contributed by atoms with E-state index in [0.29, 0.717) is 28.2 Å². The van der Waals surface area contributed by atoms with Gasteiger partial charge in [-0.25, -0.2) is 15.0 Å². The lowest BCUT2D eigenvalue weighted by Gasteiger charge is -2.35. The number of hydrogen-bond donors (Lipinski definition) is 3. The van der Waals surface area contributed by atoms with Crippen LogP contribution < -0.4 is 15.5 Å². The zero-order chi connectivity index (χ0) is 24.1. The second kappa shape index (κ2) is 10.9. The SMILES string of the molecule is CCc1nccc(C)c1NC(=O)c1cnc(Nc2cc(N3CCN(CCO)CC3)nc(C)n2)s1. The number of nitrogens with zero attached hydrogens (tertiary/aromatic N) is 6. The van der Waals surface area contributed by atoms with Crippen LogP contribution in [0.25, 0.3) is 0 Å². The molecule has 4 rings (SSSR count). The van der Waals surface area contributed by atoms with Gasteiger partial charge in [0.05, 0.1) is 24.2 Å². The summed E-state index contributed by atoms with van der Waals surface area (Å²) in [6, 6.07) is 3.79. The number of hydrogen-bond acceptors (Lipinski definition) is 10. The number of thiazole rings is 1. The molecule has 3 aromatic heterocycles. The molecule has 0 spiro atoms. The van der Waals surface area contributed by atoms with Gasteiger partial charge in [0.1, 0.15) is 22.3 Å². The quantitative estimate of drug-likeness (QED) is 0.445. The Labute approximate surface area is 203 Å². The van der Waals surface area contributed by atoms with E-state index in [-0.39, 0.29) is 12.5 Å². The summed E-state index contributed by atoms with van der Waals surface area (Å²) in [7, 11) is 0. The molecule has 0 saturated carbocycles. The highest BCUT2D eigenvalue weighted by Crippen LogP contribution is 2.26. The molecule has 0 atom stereocenters. The van der Waals surface area contributed by atoms with E-state index in [4.69, 9.17) is 5.11 Å². The molecule has 3 N–H and O–H groups in total. The van der Waals surface area contributed by atoms with Crippen LogP contribution in [0.4, 0.5) is 22.5 Å². The Morgan fingerprint density at radius 3 is 2.71 bits per heavy atom. The van der Waals surface area contributed by atoms with Crippen molar-refractivity contribution in [3.8, 4) is 0 Å². The Hall–Kier alpha value is -3.15. The van der Waals surface area contributed by atoms with E-state index in [1.165, 1.54) is 11.3 Å². The van der Waals surface area contributed by atoms with E-state index in [1.54, 1.807) is 12.4 Å². The van der Waals surface area contributed by atoms with Crippen LogP contribution in [0.2, 0.25) is 0 Å². The fraction of sp³-hybridized carbons (Fsp3) is 0.435. The fourth-order valence-electron chi connectivity index (χ4n) is 3.89. The first-order valence-corrected chi connectivity index (χ1v) is 12.2. The van der Waals surface area contributed by atoms with Gasteiger partial charge in [0, 0.05) is 45.0 Å². The zero-order valence-corrected chi connectivity index (χ0v) is 20.5. The van der Waals surface area contributed by atoms with Gasteiger partial charge in [0.2, 0.25) is 0 Å². The third-order valence-corrected chi connectivity index (χ3v) is 6.62. The summed E-state index contributed by atoms with van der Waals surface area (Å²) in [5.74, 6) is 1.94. The number of β-amino-alcohol motifs (C(OH)–C–C–N with tert-alkyl or cyclic N) is 1. The number of aryl methyl sites for hydroxylation is 3. The number of pyridine rings is 1. The fourth-order valence-corrected chi connectivity index (χ4v) is 4.61. The van der Waals surface area contributed by atoms with Crippen LogP contribution in [0.15, 0.2) is 24.5 Å². The molecule has 0 bridgehead atoms. The number of anilines is 4. The van der Waals surface area contributed by atoms with Gasteiger partial charge in [-0.3, -0.25) is 14.7 Å². The van der Waals surface area contributed by atoms with Crippen molar-refractivity contribution in [1.29, 1.82) is 0 Å². The van der Waals surface area contributed by atoms with Crippen molar-refractivity contribution in [1.82, 2.24) is 24.8 Å². The van der Waals surface area contributed by atoms with Crippen molar-refractivity contribution in [2.24, 2.45) is 0 Å². The third kappa shape index (κ3) is 5.66. The summed E-state index contributed by atoms with van der Waals surface area (Å²) in [6.07, 6.45) is 4.05. The second-order valence-corrected chi connectivity index (χ2v) is 9.15. The molecular formula is C23H30N8O2S. The minimum Gasteiger partial charge on any atom is -0.395 e. The Bertz CT molecular complexity index is 1140. The smallest absolute Gasteiger partial charge is 0.267 e. The molecule has 0 unspecified atom stereocenters. The van der Waals surface area contributed by atoms with Gasteiger partial charge in [-0.1, -0.05) is 18.3 Å². The third-order valence-electron chi connectivity index (χ3n) is 5.71. The molecule has 1 amide bonds. The van der Waals surface area contributed by atoms with Crippen molar-refractivity contribution in [3.63, 3.8) is 0 Å². The molecule has 1 aliphatic rings. The maximum Gasteiger partial charge on any atom is 0.267 e. The van der Waals surface area contributed by atoms with E-state index < -0.39 is 0 Å². The number of aromatic nitrogens is 4. The minimum atomic E-state index is -0.211. The summed E-state index contributed by atoms with van der Waals surface area (Å²) in [6.45, 7) is 10.1. The van der Waals surface area contributed by atoms with Gasteiger partial charge in [0.25, 0.3) is 5.91 Å². The summed E-state index contributed by atoms with van der Waals surface area (Å²) in [4.78, 5) is 35.6. The molecule has 4 heterocycles. The van der Waals surface area contributed by atoms with Gasteiger partial charge in [-0.2, -0.15) is 0 Å². The standard InChI is InChI=1S/C23H30N8O2S/c1-4-17-21(15(2)5-6-24-17)29-22(33)18-14-25-23(34-18)28-19-13-20(27-16(3)26-19)31-9-7-30(8-10-31)11-12-32/h5-6,13-14,32H,4,7-12H2,1-3H3,(H,29,33)(H,25,26,27,28). The van der Waals surface area contributed by atoms with E-state index in [0.717, 1.165) is 55.4 Å². The molecule has 1 fully saturated rings. The number of piperazine rings is 1. The topological polar surface area (TPSA) is 119 Å². The number of carbonyl (C=O) groups excluding carboxylic acids is 1. The Kier molecular flexibility index (Phi) is 7.66. The summed E-state index contributed by atoms with van der Waals surface area (Å²) in [5.41, 5.74) is 2.59. The molecule has 34 heavy (non-hydrogen) atoms. The first-order valence-electron chi connectivity index (χ1n) is 11.4. The zero-order valence-electron chi connectivity index (χ0n) is 19.7. The molecule has 3 aromatic rings. The second-order valence-electron chi connectivity index (χ2n) is 8.12. The highest BCUT2D eigenvalue weighted by Gasteiger charge is 2.19. The minimum absolute atomic E-state index is 0.177. The van der Waals surface area contributed by atoms with E-state index in [1.807, 2.05) is 32.9 Å². The molecule has 1 saturated heterocycles. The maximum absolute atomic E-state index is 12.8. The van der Waals surface area contributed by atoms with Crippen molar-refractivity contribution >= 4 is 39.7 Å². The summed E-state index contributed by atoms with van der Waals surface area (Å²) >= 11 is 1.27. The average Bonchev–Trinajstić information content (AvgIpc) is 3.29. The van der Waals surface area contributed by atoms with Crippen LogP contribution in [-0.2, 0) is 6.42 Å². The lowest BCUT2D eigenvalue weighted by molar-refractivity contribution is 0.103. The lowest BCUT2D eigenvalue weighted by Crippen LogP contribution is -2.47. The van der Waals surface area contributed by atoms with Crippen molar-refractivity contribution < 1.29 is 9.90 Å². The van der Waals surface area contributed by atoms with Gasteiger partial charge < -0.3 is 20.6 Å². The summed E-state index contributed by atoms with van der Waals surface area (Å²) < 4.78 is 0. The molecule has 0 radical (unpaired) electrons. The van der Waals surface area contributed by atoms with E-state index >= 15 is 0 Å². The number of carbonyl (C=O) groups is 1. The van der Waals surface area contributed by atoms with Crippen LogP contribution in [0.3, 0.4) is 0 Å². The van der Waals surface area contributed by atoms with Crippen molar-refractivity contribution in [2.75, 3.05) is 54.9 Å². The molecule has 1 aliphatic heterocycles. The van der Waals surface area contributed by atoms with Gasteiger partial charge in [-0.15, -0.1) is 0 Å². The summed E-state index contributed by atoms with van der Waals surface area (Å²) in [5, 5.41) is 15.9. The lowest BCUT2D eigenvalue weighted by atomic mass is 10.1. The number of rotatable bonds is 8. The van der Waals surface area contributed by atoms with Crippen LogP contribution in [-0.4, -0.2) is 75.2 Å². The van der Waals surface area contributed by atoms with E-state index in [2.05, 4.69) is 40.4 Å². The predicted molar refractivity (Wildman–Crippen MR) is 134 cm³/mol. The van der Waals surface area contributed by atoms with Crippen molar-refractivity contribution in [2.45, 2.75) is 27.2 Å². The average molecular weight is 483 g/mol. The Morgan fingerprint density at radius 2 is 1.97 bits per heavy atom. The van der Waals surface area contributed by atoms with Crippen LogP contribution in [0, 0.1) is 13.8 Å². The number of amides is 1. The monoisotopic (exact) mass is 482 g/mol. The Balaban J connectivity index is 1.44. The van der Waals surface area contributed by atoms with E-state index in [9.17, 15) is 4.79 Å². The molecule has 180 valence electrons. The normalized spacial score (nSPS) is 14.3. The first-order chi connectivity index (χ1) is 16.5. The number of aliphatic hydroxyl groups excluding tert-OH is 1. The highest BCUT2D eigenvalue weighted by molar-refractivity contribution is 7.17. The van der Waals surface area contributed by atoms with Gasteiger partial charge in [0.15, 0.2) is 5.13 Å². The Morgan fingerprint density at radius 1 is 1.18 bits per heavy atom. The number of nitrogens with one attached hydrogen (secondary N) is 2. The van der Waals surface area contributed by atoms with Crippen molar-refractivity contribution in [3.05, 3.63) is 46.5 Å². The van der Waals surface area contributed by atoms with Gasteiger partial charge in [-0.05, 0) is 31.9 Å². The highest BCUT2D eigenvalue weighted by atomic mass is 32.1. The molecule has 11 heteroatoms. The van der Waals surface area contributed by atoms with Crippen LogP contribution >= 0.6 is 11.3 Å². The molecular weight excluding hydrogens is 452 g/mol. The van der Waals surface area contributed by atoms with Crippen LogP contribution in [0.1, 0.15) is 33.7 Å². The van der Waals surface area contributed by atoms with Crippen LogP contribution in [0.5, 0.6) is 0 Å². The molecule has 0 aliphatic carbocycles. The first kappa shape index (κ1) is 24.0. The maximum atomic E-state index is 12.8. The largest absolute Gasteiger partial charge is 0.395 e. The number of aliphatic hydroxyl groups is 1.